The van der Waals surface area contributed by atoms with Gasteiger partial charge in [0, 0.05) is 43.9 Å². The maximum absolute atomic E-state index is 11.9. The van der Waals surface area contributed by atoms with E-state index < -0.39 is 0 Å². The number of nitrogens with zero attached hydrogens (tertiary/aromatic N) is 1. The third-order valence-electron chi connectivity index (χ3n) is 2.76. The van der Waals surface area contributed by atoms with Gasteiger partial charge in [-0.15, -0.1) is 0 Å². The van der Waals surface area contributed by atoms with E-state index in [1.807, 2.05) is 16.7 Å². The van der Waals surface area contributed by atoms with Crippen LogP contribution in [0.4, 0.5) is 4.79 Å². The summed E-state index contributed by atoms with van der Waals surface area (Å²) < 4.78 is 4.97. The van der Waals surface area contributed by atoms with Crippen LogP contribution < -0.4 is 5.32 Å². The number of unbranched alkanes of at least 4 members (excludes halogenated alkanes) is 1. The number of methoxy groups -OCH3 is 1. The molecule has 5 heteroatoms. The average Bonchev–Trinajstić information content (AvgIpc) is 2.27. The van der Waals surface area contributed by atoms with Crippen LogP contribution in [-0.2, 0) is 4.74 Å². The summed E-state index contributed by atoms with van der Waals surface area (Å²) in [5.41, 5.74) is 0. The van der Waals surface area contributed by atoms with Crippen LogP contribution in [0.5, 0.6) is 0 Å². The van der Waals surface area contributed by atoms with Crippen molar-refractivity contribution in [1.29, 1.82) is 0 Å². The molecule has 1 aliphatic heterocycles. The minimum Gasteiger partial charge on any atom is -0.385 e. The van der Waals surface area contributed by atoms with Crippen LogP contribution in [0, 0.1) is 0 Å². The van der Waals surface area contributed by atoms with Crippen LogP contribution in [0.1, 0.15) is 26.7 Å². The Labute approximate surface area is 108 Å². The zero-order valence-corrected chi connectivity index (χ0v) is 11.9. The predicted molar refractivity (Wildman–Crippen MR) is 72.6 cm³/mol. The van der Waals surface area contributed by atoms with Crippen LogP contribution in [-0.4, -0.2) is 54.8 Å². The summed E-state index contributed by atoms with van der Waals surface area (Å²) in [6.45, 7) is 7.59. The van der Waals surface area contributed by atoms with Crippen molar-refractivity contribution in [3.8, 4) is 0 Å². The highest BCUT2D eigenvalue weighted by Gasteiger charge is 2.25. The van der Waals surface area contributed by atoms with E-state index in [-0.39, 0.29) is 6.03 Å². The Morgan fingerprint density at radius 1 is 1.35 bits per heavy atom. The first-order chi connectivity index (χ1) is 8.13. The van der Waals surface area contributed by atoms with Crippen LogP contribution >= 0.6 is 11.8 Å². The molecule has 1 rings (SSSR count). The molecule has 0 spiro atoms. The molecule has 0 aliphatic carbocycles. The molecule has 17 heavy (non-hydrogen) atoms. The fourth-order valence-electron chi connectivity index (χ4n) is 2.02. The smallest absolute Gasteiger partial charge is 0.317 e. The van der Waals surface area contributed by atoms with Crippen LogP contribution in [0.25, 0.3) is 0 Å². The van der Waals surface area contributed by atoms with Gasteiger partial charge in [-0.3, -0.25) is 0 Å². The SMILES string of the molecule is COCCCCNC(=O)N1C[C@H](C)S[C@@H](C)C1. The standard InChI is InChI=1S/C12H24N2O2S/c1-10-8-14(9-11(2)17-10)12(15)13-6-4-5-7-16-3/h10-11H,4-9H2,1-3H3,(H,13,15)/t10-,11-/m0/s1. The van der Waals surface area contributed by atoms with Gasteiger partial charge in [-0.2, -0.15) is 11.8 Å². The van der Waals surface area contributed by atoms with Gasteiger partial charge >= 0.3 is 6.03 Å². The second-order valence-electron chi connectivity index (χ2n) is 4.59. The number of urea groups is 1. The summed E-state index contributed by atoms with van der Waals surface area (Å²) in [6.07, 6.45) is 1.98. The molecule has 0 unspecified atom stereocenters. The first-order valence-electron chi connectivity index (χ1n) is 6.30. The number of ether oxygens (including phenoxy) is 1. The van der Waals surface area contributed by atoms with Crippen molar-refractivity contribution in [2.75, 3.05) is 33.4 Å². The Hall–Kier alpha value is -0.420. The lowest BCUT2D eigenvalue weighted by Crippen LogP contribution is -2.48. The van der Waals surface area contributed by atoms with Crippen LogP contribution in [0.3, 0.4) is 0 Å². The van der Waals surface area contributed by atoms with Crippen LogP contribution in [0.2, 0.25) is 0 Å². The Bertz CT molecular complexity index is 229. The lowest BCUT2D eigenvalue weighted by molar-refractivity contribution is 0.187. The summed E-state index contributed by atoms with van der Waals surface area (Å²) in [6, 6.07) is 0.0846. The van der Waals surface area contributed by atoms with E-state index in [0.717, 1.165) is 39.1 Å². The van der Waals surface area contributed by atoms with E-state index >= 15 is 0 Å². The molecule has 1 aliphatic rings. The van der Waals surface area contributed by atoms with Crippen molar-refractivity contribution in [2.24, 2.45) is 0 Å². The van der Waals surface area contributed by atoms with E-state index in [1.165, 1.54) is 0 Å². The molecular weight excluding hydrogens is 236 g/mol. The fourth-order valence-corrected chi connectivity index (χ4v) is 3.35. The predicted octanol–water partition coefficient (Wildman–Crippen LogP) is 1.95. The molecule has 1 N–H and O–H groups in total. The highest BCUT2D eigenvalue weighted by atomic mass is 32.2. The average molecular weight is 260 g/mol. The Balaban J connectivity index is 2.18. The summed E-state index contributed by atoms with van der Waals surface area (Å²) in [5.74, 6) is 0. The highest BCUT2D eigenvalue weighted by molar-refractivity contribution is 8.00. The highest BCUT2D eigenvalue weighted by Crippen LogP contribution is 2.24. The second kappa shape index (κ2) is 7.82. The maximum Gasteiger partial charge on any atom is 0.317 e. The molecule has 1 heterocycles. The molecule has 4 nitrogen and oxygen atoms in total. The molecule has 1 saturated heterocycles. The number of thioether (sulfide) groups is 1. The van der Waals surface area contributed by atoms with Crippen molar-refractivity contribution < 1.29 is 9.53 Å². The number of hydrogen-bond acceptors (Lipinski definition) is 3. The van der Waals surface area contributed by atoms with Crippen molar-refractivity contribution in [3.05, 3.63) is 0 Å². The van der Waals surface area contributed by atoms with E-state index in [9.17, 15) is 4.79 Å². The van der Waals surface area contributed by atoms with Gasteiger partial charge in [-0.25, -0.2) is 4.79 Å². The number of carbonyl (C=O) groups excluding carboxylic acids is 1. The van der Waals surface area contributed by atoms with Crippen molar-refractivity contribution >= 4 is 17.8 Å². The van der Waals surface area contributed by atoms with Gasteiger partial charge in [0.05, 0.1) is 0 Å². The molecule has 100 valence electrons. The summed E-state index contributed by atoms with van der Waals surface area (Å²) in [5, 5.41) is 4.05. The van der Waals surface area contributed by atoms with E-state index in [4.69, 9.17) is 4.74 Å². The molecule has 2 atom stereocenters. The Morgan fingerprint density at radius 2 is 2.00 bits per heavy atom. The van der Waals surface area contributed by atoms with Crippen molar-refractivity contribution in [3.63, 3.8) is 0 Å². The van der Waals surface area contributed by atoms with Gasteiger partial charge in [0.15, 0.2) is 0 Å². The molecule has 0 aromatic rings. The van der Waals surface area contributed by atoms with Crippen LogP contribution in [0.15, 0.2) is 0 Å². The zero-order chi connectivity index (χ0) is 12.7. The Kier molecular flexibility index (Phi) is 6.73. The molecule has 0 radical (unpaired) electrons. The van der Waals surface area contributed by atoms with Gasteiger partial charge in [-0.05, 0) is 12.8 Å². The molecule has 2 amide bonds. The topological polar surface area (TPSA) is 41.6 Å². The fraction of sp³-hybridized carbons (Fsp3) is 0.917. The maximum atomic E-state index is 11.9. The normalized spacial score (nSPS) is 24.8. The first-order valence-corrected chi connectivity index (χ1v) is 7.25. The summed E-state index contributed by atoms with van der Waals surface area (Å²) in [7, 11) is 1.70. The number of rotatable bonds is 5. The molecular formula is C12H24N2O2S. The first kappa shape index (κ1) is 14.6. The molecule has 0 aromatic carbocycles. The molecule has 0 bridgehead atoms. The molecule has 0 aromatic heterocycles. The van der Waals surface area contributed by atoms with Gasteiger partial charge in [0.2, 0.25) is 0 Å². The third-order valence-corrected chi connectivity index (χ3v) is 3.99. The number of amides is 2. The number of hydrogen-bond donors (Lipinski definition) is 1. The molecule has 1 fully saturated rings. The van der Waals surface area contributed by atoms with E-state index in [1.54, 1.807) is 7.11 Å². The number of nitrogens with one attached hydrogen (secondary N) is 1. The monoisotopic (exact) mass is 260 g/mol. The second-order valence-corrected chi connectivity index (χ2v) is 6.48. The number of carbonyl (C=O) groups is 1. The quantitative estimate of drug-likeness (QED) is 0.768. The molecule has 0 saturated carbocycles. The van der Waals surface area contributed by atoms with Crippen molar-refractivity contribution in [2.45, 2.75) is 37.2 Å². The van der Waals surface area contributed by atoms with Gasteiger partial charge in [-0.1, -0.05) is 13.8 Å². The lowest BCUT2D eigenvalue weighted by atomic mass is 10.3. The van der Waals surface area contributed by atoms with E-state index in [0.29, 0.717) is 10.5 Å². The van der Waals surface area contributed by atoms with Gasteiger partial charge in [0.25, 0.3) is 0 Å². The Morgan fingerprint density at radius 3 is 2.59 bits per heavy atom. The minimum atomic E-state index is 0.0846. The third kappa shape index (κ3) is 5.64. The minimum absolute atomic E-state index is 0.0846. The van der Waals surface area contributed by atoms with Gasteiger partial charge < -0.3 is 15.0 Å². The van der Waals surface area contributed by atoms with E-state index in [2.05, 4.69) is 19.2 Å². The van der Waals surface area contributed by atoms with Gasteiger partial charge in [0.1, 0.15) is 0 Å². The summed E-state index contributed by atoms with van der Waals surface area (Å²) >= 11 is 1.96. The zero-order valence-electron chi connectivity index (χ0n) is 11.1. The lowest BCUT2D eigenvalue weighted by Gasteiger charge is -2.34. The largest absolute Gasteiger partial charge is 0.385 e. The van der Waals surface area contributed by atoms with Crippen molar-refractivity contribution in [1.82, 2.24) is 10.2 Å². The summed E-state index contributed by atoms with van der Waals surface area (Å²) in [4.78, 5) is 13.8.